The minimum absolute atomic E-state index is 0.250. The molecule has 0 fully saturated rings. The highest BCUT2D eigenvalue weighted by Gasteiger charge is 2.08. The van der Waals surface area contributed by atoms with Crippen molar-refractivity contribution in [2.75, 3.05) is 0 Å². The van der Waals surface area contributed by atoms with Crippen LogP contribution >= 0.6 is 11.3 Å². The first-order valence-corrected chi connectivity index (χ1v) is 9.14. The number of thiazole rings is 1. The Morgan fingerprint density at radius 2 is 1.80 bits per heavy atom. The summed E-state index contributed by atoms with van der Waals surface area (Å²) in [5.41, 5.74) is 5.20. The van der Waals surface area contributed by atoms with Crippen LogP contribution in [0.4, 0.5) is 0 Å². The minimum Gasteiger partial charge on any atom is -0.483 e. The molecule has 4 heteroatoms. The normalized spacial score (nSPS) is 10.2. The molecule has 3 nitrogen and oxygen atoms in total. The zero-order valence-electron chi connectivity index (χ0n) is 14.8. The first-order chi connectivity index (χ1) is 12.1. The first-order valence-electron chi connectivity index (χ1n) is 8.32. The van der Waals surface area contributed by atoms with E-state index >= 15 is 0 Å². The van der Waals surface area contributed by atoms with Crippen LogP contribution < -0.4 is 0 Å². The van der Waals surface area contributed by atoms with Crippen molar-refractivity contribution in [3.63, 3.8) is 0 Å². The topological polar surface area (TPSA) is 50.2 Å². The molecule has 0 saturated carbocycles. The van der Waals surface area contributed by atoms with Gasteiger partial charge in [-0.15, -0.1) is 11.3 Å². The first kappa shape index (κ1) is 18.9. The van der Waals surface area contributed by atoms with E-state index in [1.807, 2.05) is 6.20 Å². The molecule has 0 aliphatic rings. The molecular formula is C21H23NO2S. The molecule has 0 radical (unpaired) electrons. The lowest BCUT2D eigenvalue weighted by Crippen LogP contribution is -1.85. The van der Waals surface area contributed by atoms with Gasteiger partial charge in [-0.05, 0) is 35.1 Å². The monoisotopic (exact) mass is 353 g/mol. The van der Waals surface area contributed by atoms with Gasteiger partial charge in [-0.25, -0.2) is 4.98 Å². The maximum absolute atomic E-state index is 8.36. The second kappa shape index (κ2) is 9.14. The molecule has 0 aliphatic heterocycles. The third-order valence-electron chi connectivity index (χ3n) is 3.95. The predicted molar refractivity (Wildman–Crippen MR) is 105 cm³/mol. The lowest BCUT2D eigenvalue weighted by molar-refractivity contribution is -0.122. The van der Waals surface area contributed by atoms with Crippen molar-refractivity contribution in [1.82, 2.24) is 4.98 Å². The van der Waals surface area contributed by atoms with Crippen molar-refractivity contribution in [2.45, 2.75) is 33.1 Å². The Kier molecular flexibility index (Phi) is 6.90. The summed E-state index contributed by atoms with van der Waals surface area (Å²) < 4.78 is 0. The highest BCUT2D eigenvalue weighted by molar-refractivity contribution is 7.18. The fraction of sp³-hybridized carbons (Fsp3) is 0.238. The molecule has 0 aliphatic carbocycles. The maximum Gasteiger partial charge on any atom is 0.290 e. The highest BCUT2D eigenvalue weighted by atomic mass is 32.1. The second-order valence-electron chi connectivity index (χ2n) is 5.97. The van der Waals surface area contributed by atoms with Crippen LogP contribution in [-0.2, 0) is 11.2 Å². The Morgan fingerprint density at radius 3 is 2.40 bits per heavy atom. The average molecular weight is 353 g/mol. The van der Waals surface area contributed by atoms with E-state index in [-0.39, 0.29) is 6.47 Å². The number of nitrogens with zero attached hydrogens (tertiary/aromatic N) is 1. The smallest absolute Gasteiger partial charge is 0.290 e. The van der Waals surface area contributed by atoms with Crippen molar-refractivity contribution in [3.05, 3.63) is 65.9 Å². The van der Waals surface area contributed by atoms with Gasteiger partial charge in [0.15, 0.2) is 0 Å². The molecule has 25 heavy (non-hydrogen) atoms. The lowest BCUT2D eigenvalue weighted by Gasteiger charge is -2.05. The zero-order valence-corrected chi connectivity index (χ0v) is 15.6. The van der Waals surface area contributed by atoms with Crippen LogP contribution in [0.15, 0.2) is 54.7 Å². The number of rotatable bonds is 4. The Balaban J connectivity index is 0.000000701. The molecule has 1 heterocycles. The van der Waals surface area contributed by atoms with Gasteiger partial charge in [0.05, 0.1) is 4.88 Å². The van der Waals surface area contributed by atoms with Gasteiger partial charge < -0.3 is 5.11 Å². The van der Waals surface area contributed by atoms with Gasteiger partial charge in [0.25, 0.3) is 6.47 Å². The SMILES string of the molecule is CCc1cccc(-c2ncc(-c3ccc(C(C)C)cc3)s2)c1.O=CO. The molecule has 0 saturated heterocycles. The summed E-state index contributed by atoms with van der Waals surface area (Å²) in [6.45, 7) is 6.38. The van der Waals surface area contributed by atoms with Gasteiger partial charge in [0.2, 0.25) is 0 Å². The van der Waals surface area contributed by atoms with Gasteiger partial charge in [-0.3, -0.25) is 4.79 Å². The summed E-state index contributed by atoms with van der Waals surface area (Å²) in [5.74, 6) is 0.572. The second-order valence-corrected chi connectivity index (χ2v) is 7.00. The molecule has 0 bridgehead atoms. The Hall–Kier alpha value is -2.46. The molecule has 2 aromatic carbocycles. The number of hydrogen-bond donors (Lipinski definition) is 1. The fourth-order valence-corrected chi connectivity index (χ4v) is 3.42. The van der Waals surface area contributed by atoms with Crippen LogP contribution in [-0.4, -0.2) is 16.6 Å². The van der Waals surface area contributed by atoms with Crippen LogP contribution in [0.5, 0.6) is 0 Å². The molecule has 130 valence electrons. The molecule has 0 unspecified atom stereocenters. The van der Waals surface area contributed by atoms with Crippen LogP contribution in [0, 0.1) is 0 Å². The highest BCUT2D eigenvalue weighted by Crippen LogP contribution is 2.33. The van der Waals surface area contributed by atoms with Gasteiger partial charge >= 0.3 is 0 Å². The van der Waals surface area contributed by atoms with Crippen molar-refractivity contribution < 1.29 is 9.90 Å². The predicted octanol–water partition coefficient (Wildman–Crippen LogP) is 5.86. The molecule has 1 aromatic heterocycles. The number of hydrogen-bond acceptors (Lipinski definition) is 3. The van der Waals surface area contributed by atoms with Crippen molar-refractivity contribution >= 4 is 17.8 Å². The van der Waals surface area contributed by atoms with E-state index in [1.54, 1.807) is 11.3 Å². The van der Waals surface area contributed by atoms with Crippen LogP contribution in [0.2, 0.25) is 0 Å². The number of carbonyl (C=O) groups is 1. The van der Waals surface area contributed by atoms with Crippen molar-refractivity contribution in [1.29, 1.82) is 0 Å². The lowest BCUT2D eigenvalue weighted by atomic mass is 10.0. The standard InChI is InChI=1S/C20H21NS.CH2O2/c1-4-15-6-5-7-18(12-15)20-21-13-19(22-20)17-10-8-16(9-11-17)14(2)3;2-1-3/h5-14H,4H2,1-3H3;1H,(H,2,3). The summed E-state index contributed by atoms with van der Waals surface area (Å²) in [5, 5.41) is 7.98. The van der Waals surface area contributed by atoms with Crippen LogP contribution in [0.3, 0.4) is 0 Å². The van der Waals surface area contributed by atoms with E-state index in [9.17, 15) is 0 Å². The molecular weight excluding hydrogens is 330 g/mol. The van der Waals surface area contributed by atoms with E-state index < -0.39 is 0 Å². The average Bonchev–Trinajstić information content (AvgIpc) is 3.13. The quantitative estimate of drug-likeness (QED) is 0.597. The van der Waals surface area contributed by atoms with E-state index in [0.29, 0.717) is 5.92 Å². The van der Waals surface area contributed by atoms with E-state index in [4.69, 9.17) is 9.90 Å². The van der Waals surface area contributed by atoms with Crippen molar-refractivity contribution in [3.8, 4) is 21.0 Å². The summed E-state index contributed by atoms with van der Waals surface area (Å²) in [7, 11) is 0. The van der Waals surface area contributed by atoms with Gasteiger partial charge in [-0.2, -0.15) is 0 Å². The molecule has 0 amide bonds. The fourth-order valence-electron chi connectivity index (χ4n) is 2.50. The maximum atomic E-state index is 8.36. The molecule has 1 N–H and O–H groups in total. The van der Waals surface area contributed by atoms with Gasteiger partial charge in [0, 0.05) is 11.8 Å². The van der Waals surface area contributed by atoms with E-state index in [1.165, 1.54) is 27.1 Å². The number of carboxylic acid groups (broad SMARTS) is 1. The van der Waals surface area contributed by atoms with Crippen molar-refractivity contribution in [2.24, 2.45) is 0 Å². The molecule has 0 atom stereocenters. The Morgan fingerprint density at radius 1 is 1.12 bits per heavy atom. The third kappa shape index (κ3) is 5.00. The molecule has 3 rings (SSSR count). The largest absolute Gasteiger partial charge is 0.483 e. The zero-order chi connectivity index (χ0) is 18.2. The van der Waals surface area contributed by atoms with Gasteiger partial charge in [-0.1, -0.05) is 63.2 Å². The van der Waals surface area contributed by atoms with Crippen LogP contribution in [0.1, 0.15) is 37.8 Å². The number of aryl methyl sites for hydroxylation is 1. The summed E-state index contributed by atoms with van der Waals surface area (Å²) in [4.78, 5) is 14.2. The number of benzene rings is 2. The third-order valence-corrected chi connectivity index (χ3v) is 5.05. The number of aromatic nitrogens is 1. The minimum atomic E-state index is -0.250. The Bertz CT molecular complexity index is 807. The molecule has 3 aromatic rings. The molecule has 0 spiro atoms. The Labute approximate surface area is 153 Å². The van der Waals surface area contributed by atoms with E-state index in [0.717, 1.165) is 11.4 Å². The van der Waals surface area contributed by atoms with Gasteiger partial charge in [0.1, 0.15) is 5.01 Å². The van der Waals surface area contributed by atoms with E-state index in [2.05, 4.69) is 74.3 Å². The summed E-state index contributed by atoms with van der Waals surface area (Å²) in [6.07, 6.45) is 3.05. The summed E-state index contributed by atoms with van der Waals surface area (Å²) >= 11 is 1.76. The summed E-state index contributed by atoms with van der Waals surface area (Å²) in [6, 6.07) is 17.5. The van der Waals surface area contributed by atoms with Crippen LogP contribution in [0.25, 0.3) is 21.0 Å².